The summed E-state index contributed by atoms with van der Waals surface area (Å²) in [6.45, 7) is 8.11. The molecule has 1 saturated carbocycles. The Morgan fingerprint density at radius 2 is 1.58 bits per heavy atom. The molecule has 2 fully saturated rings. The van der Waals surface area contributed by atoms with E-state index in [9.17, 15) is 14.4 Å². The first kappa shape index (κ1) is 30.4. The Labute approximate surface area is 263 Å². The number of tetrazole rings is 1. The predicted octanol–water partition coefficient (Wildman–Crippen LogP) is 1.89. The van der Waals surface area contributed by atoms with Crippen molar-refractivity contribution in [2.75, 3.05) is 41.3 Å². The number of benzene rings is 2. The molecule has 0 radical (unpaired) electrons. The van der Waals surface area contributed by atoms with Crippen LogP contribution in [-0.2, 0) is 30.1 Å². The fourth-order valence-electron chi connectivity index (χ4n) is 7.17. The van der Waals surface area contributed by atoms with Gasteiger partial charge in [-0.2, -0.15) is 4.80 Å². The zero-order chi connectivity index (χ0) is 32.0. The van der Waals surface area contributed by atoms with E-state index >= 15 is 0 Å². The lowest BCUT2D eigenvalue weighted by atomic mass is 9.69. The quantitative estimate of drug-likeness (QED) is 0.306. The van der Waals surface area contributed by atoms with E-state index in [0.717, 1.165) is 35.1 Å². The maximum absolute atomic E-state index is 13.2. The Bertz CT molecular complexity index is 1630. The number of fused-ring (bicyclic) bond motifs is 3. The monoisotopic (exact) mass is 609 g/mol. The van der Waals surface area contributed by atoms with Crippen LogP contribution in [0.3, 0.4) is 0 Å². The van der Waals surface area contributed by atoms with Gasteiger partial charge in [-0.1, -0.05) is 12.1 Å². The number of nitrogens with zero attached hydrogens (tertiary/aromatic N) is 8. The van der Waals surface area contributed by atoms with Crippen LogP contribution in [0.25, 0.3) is 4.85 Å². The molecule has 1 aromatic heterocycles. The molecule has 234 valence electrons. The standard InChI is InChI=1S/C33H39N9O3/c1-34-28-18-24-17-27(24)42(28)29(43)19-35-14-13-33(32-36-38-41(6)37-32)25-11-9-22(30(44)39(2)3)15-20(25)7-8-21-16-23(10-12-26(21)33)31(45)40(4)5/h9-12,15-16,24,27-28,35H,7-8,13-14,17-19H2,2-6H3/t24-,27-,28-/m0/s1. The van der Waals surface area contributed by atoms with Gasteiger partial charge in [0, 0.05) is 51.8 Å². The van der Waals surface area contributed by atoms with Crippen LogP contribution < -0.4 is 5.32 Å². The van der Waals surface area contributed by atoms with E-state index in [1.165, 1.54) is 4.80 Å². The predicted molar refractivity (Wildman–Crippen MR) is 166 cm³/mol. The largest absolute Gasteiger partial charge is 0.345 e. The van der Waals surface area contributed by atoms with Gasteiger partial charge < -0.3 is 15.1 Å². The normalized spacial score (nSPS) is 20.7. The van der Waals surface area contributed by atoms with Crippen molar-refractivity contribution in [3.8, 4) is 0 Å². The van der Waals surface area contributed by atoms with Crippen LogP contribution >= 0.6 is 0 Å². The third-order valence-corrected chi connectivity index (χ3v) is 9.46. The number of piperidine rings is 1. The first-order chi connectivity index (χ1) is 21.5. The maximum atomic E-state index is 13.2. The minimum atomic E-state index is -0.876. The van der Waals surface area contributed by atoms with Crippen molar-refractivity contribution < 1.29 is 14.4 Å². The summed E-state index contributed by atoms with van der Waals surface area (Å²) < 4.78 is 0. The van der Waals surface area contributed by atoms with Crippen LogP contribution in [0.15, 0.2) is 36.4 Å². The Kier molecular flexibility index (Phi) is 7.91. The number of aryl methyl sites for hydroxylation is 3. The minimum Gasteiger partial charge on any atom is -0.345 e. The molecular weight excluding hydrogens is 570 g/mol. The summed E-state index contributed by atoms with van der Waals surface area (Å²) in [6.07, 6.45) is 3.19. The Morgan fingerprint density at radius 1 is 0.978 bits per heavy atom. The number of hydrogen-bond donors (Lipinski definition) is 1. The molecule has 3 aromatic rings. The molecule has 0 unspecified atom stereocenters. The molecule has 1 N–H and O–H groups in total. The first-order valence-electron chi connectivity index (χ1n) is 15.4. The van der Waals surface area contributed by atoms with Crippen LogP contribution in [0.1, 0.15) is 68.1 Å². The summed E-state index contributed by atoms with van der Waals surface area (Å²) in [4.78, 5) is 49.2. The van der Waals surface area contributed by atoms with Crippen LogP contribution in [0.5, 0.6) is 0 Å². The molecule has 12 nitrogen and oxygen atoms in total. The number of nitrogens with one attached hydrogen (secondary N) is 1. The second-order valence-electron chi connectivity index (χ2n) is 12.8. The summed E-state index contributed by atoms with van der Waals surface area (Å²) in [7, 11) is 8.67. The second kappa shape index (κ2) is 11.7. The molecule has 0 spiro atoms. The van der Waals surface area contributed by atoms with Crippen LogP contribution in [-0.4, -0.2) is 106 Å². The number of likely N-dealkylation sites (tertiary alicyclic amines) is 1. The molecule has 2 aromatic carbocycles. The summed E-state index contributed by atoms with van der Waals surface area (Å²) >= 11 is 0. The van der Waals surface area contributed by atoms with Gasteiger partial charge in [0.05, 0.1) is 19.0 Å². The number of aromatic nitrogens is 4. The lowest BCUT2D eigenvalue weighted by Crippen LogP contribution is -2.43. The van der Waals surface area contributed by atoms with Gasteiger partial charge in [-0.3, -0.25) is 24.1 Å². The molecule has 45 heavy (non-hydrogen) atoms. The number of carbonyl (C=O) groups is 3. The van der Waals surface area contributed by atoms with Crippen LogP contribution in [0.2, 0.25) is 0 Å². The first-order valence-corrected chi connectivity index (χ1v) is 15.4. The molecule has 2 heterocycles. The summed E-state index contributed by atoms with van der Waals surface area (Å²) in [5.41, 5.74) is 4.25. The molecule has 3 aliphatic rings. The highest BCUT2D eigenvalue weighted by Crippen LogP contribution is 2.48. The average Bonchev–Trinajstić information content (AvgIpc) is 3.52. The van der Waals surface area contributed by atoms with Gasteiger partial charge in [0.15, 0.2) is 5.82 Å². The van der Waals surface area contributed by atoms with E-state index in [1.807, 2.05) is 36.4 Å². The van der Waals surface area contributed by atoms with E-state index < -0.39 is 5.41 Å². The fraction of sp³-hybridized carbons (Fsp3) is 0.485. The lowest BCUT2D eigenvalue weighted by Gasteiger charge is -2.34. The maximum Gasteiger partial charge on any atom is 0.301 e. The third kappa shape index (κ3) is 5.35. The van der Waals surface area contributed by atoms with Gasteiger partial charge in [0.2, 0.25) is 5.91 Å². The SMILES string of the molecule is [C-]#[N+][C@@H]1C[C@@H]2C[C@@H]2N1C(=O)CNCCC1(c2nnn(C)n2)c2ccc(C(=O)N(C)C)cc2CCc2cc(C(=O)N(C)C)ccc21. The van der Waals surface area contributed by atoms with E-state index in [-0.39, 0.29) is 36.5 Å². The van der Waals surface area contributed by atoms with Crippen molar-refractivity contribution in [2.24, 2.45) is 13.0 Å². The molecule has 1 saturated heterocycles. The minimum absolute atomic E-state index is 0.0481. The highest BCUT2D eigenvalue weighted by molar-refractivity contribution is 5.95. The van der Waals surface area contributed by atoms with Gasteiger partial charge in [-0.05, 0) is 89.9 Å². The zero-order valence-electron chi connectivity index (χ0n) is 26.4. The molecule has 6 rings (SSSR count). The summed E-state index contributed by atoms with van der Waals surface area (Å²) in [6, 6.07) is 11.8. The Hall–Kier alpha value is -4.63. The van der Waals surface area contributed by atoms with Crippen LogP contribution in [0, 0.1) is 12.5 Å². The number of amides is 3. The topological polar surface area (TPSA) is 121 Å². The highest BCUT2D eigenvalue weighted by Gasteiger charge is 2.57. The van der Waals surface area contributed by atoms with Gasteiger partial charge in [0.1, 0.15) is 0 Å². The number of hydrogen-bond acceptors (Lipinski definition) is 7. The van der Waals surface area contributed by atoms with E-state index in [2.05, 4.69) is 20.5 Å². The zero-order valence-corrected chi connectivity index (χ0v) is 26.4. The number of rotatable bonds is 8. The Morgan fingerprint density at radius 3 is 2.09 bits per heavy atom. The summed E-state index contributed by atoms with van der Waals surface area (Å²) in [5, 5.41) is 16.9. The Balaban J connectivity index is 1.41. The van der Waals surface area contributed by atoms with Crippen molar-refractivity contribution in [1.82, 2.24) is 40.2 Å². The second-order valence-corrected chi connectivity index (χ2v) is 12.8. The number of carbonyl (C=O) groups excluding carboxylic acids is 3. The molecule has 1 aliphatic heterocycles. The fourth-order valence-corrected chi connectivity index (χ4v) is 7.17. The van der Waals surface area contributed by atoms with Gasteiger partial charge in [-0.15, -0.1) is 10.2 Å². The van der Waals surface area contributed by atoms with Crippen molar-refractivity contribution in [1.29, 1.82) is 0 Å². The van der Waals surface area contributed by atoms with Gasteiger partial charge >= 0.3 is 6.17 Å². The highest BCUT2D eigenvalue weighted by atomic mass is 16.2. The average molecular weight is 610 g/mol. The molecule has 12 heteroatoms. The third-order valence-electron chi connectivity index (χ3n) is 9.46. The van der Waals surface area contributed by atoms with E-state index in [0.29, 0.717) is 48.7 Å². The molecule has 2 aliphatic carbocycles. The molecular formula is C33H39N9O3. The molecule has 3 amide bonds. The van der Waals surface area contributed by atoms with E-state index in [1.54, 1.807) is 49.9 Å². The molecule has 3 atom stereocenters. The van der Waals surface area contributed by atoms with Crippen molar-refractivity contribution >= 4 is 17.7 Å². The smallest absolute Gasteiger partial charge is 0.301 e. The molecule has 0 bridgehead atoms. The van der Waals surface area contributed by atoms with Crippen molar-refractivity contribution in [3.63, 3.8) is 0 Å². The van der Waals surface area contributed by atoms with Crippen LogP contribution in [0.4, 0.5) is 0 Å². The van der Waals surface area contributed by atoms with E-state index in [4.69, 9.17) is 11.7 Å². The van der Waals surface area contributed by atoms with Gasteiger partial charge in [-0.25, -0.2) is 6.57 Å². The van der Waals surface area contributed by atoms with Crippen molar-refractivity contribution in [3.05, 3.63) is 87.0 Å². The van der Waals surface area contributed by atoms with Gasteiger partial charge in [0.25, 0.3) is 11.8 Å². The van der Waals surface area contributed by atoms with Crippen molar-refractivity contribution in [2.45, 2.75) is 49.7 Å². The summed E-state index contributed by atoms with van der Waals surface area (Å²) in [5.74, 6) is 0.757. The lowest BCUT2D eigenvalue weighted by molar-refractivity contribution is -0.131.